The molecule has 118 valence electrons. The Morgan fingerprint density at radius 2 is 2.23 bits per heavy atom. The van der Waals surface area contributed by atoms with E-state index in [0.717, 1.165) is 10.5 Å². The van der Waals surface area contributed by atoms with Crippen LogP contribution in [0, 0.1) is 0 Å². The van der Waals surface area contributed by atoms with E-state index in [-0.39, 0.29) is 25.2 Å². The standard InChI is InChI=1S/C16H19NO3S2/c1-21-15-5-3-2-4-13(15)16(19)17-10-14(20-8-7-18)12-6-9-22-11-12/h2-6,9,11,14,18H,7-8,10H2,1H3,(H,17,19)/t14-/m1/s1. The SMILES string of the molecule is CSc1ccccc1C(=O)NC[C@@H](OCCO)c1ccsc1. The monoisotopic (exact) mass is 337 g/mol. The van der Waals surface area contributed by atoms with Gasteiger partial charge < -0.3 is 15.2 Å². The highest BCUT2D eigenvalue weighted by atomic mass is 32.2. The Morgan fingerprint density at radius 3 is 2.91 bits per heavy atom. The minimum absolute atomic E-state index is 0.0378. The van der Waals surface area contributed by atoms with E-state index < -0.39 is 0 Å². The van der Waals surface area contributed by atoms with Gasteiger partial charge in [0.1, 0.15) is 6.10 Å². The first-order chi connectivity index (χ1) is 10.8. The minimum atomic E-state index is -0.246. The zero-order chi connectivity index (χ0) is 15.8. The predicted octanol–water partition coefficient (Wildman–Crippen LogP) is 2.95. The number of aliphatic hydroxyl groups excluding tert-OH is 1. The molecule has 0 spiro atoms. The number of hydrogen-bond acceptors (Lipinski definition) is 5. The van der Waals surface area contributed by atoms with Gasteiger partial charge in [-0.05, 0) is 40.8 Å². The fraction of sp³-hybridized carbons (Fsp3) is 0.312. The van der Waals surface area contributed by atoms with Gasteiger partial charge in [0, 0.05) is 11.4 Å². The van der Waals surface area contributed by atoms with Gasteiger partial charge in [-0.1, -0.05) is 12.1 Å². The summed E-state index contributed by atoms with van der Waals surface area (Å²) >= 11 is 3.13. The summed E-state index contributed by atoms with van der Waals surface area (Å²) in [7, 11) is 0. The fourth-order valence-electron chi connectivity index (χ4n) is 2.04. The molecule has 1 atom stereocenters. The van der Waals surface area contributed by atoms with Gasteiger partial charge in [-0.15, -0.1) is 11.8 Å². The number of benzene rings is 1. The van der Waals surface area contributed by atoms with Crippen molar-refractivity contribution >= 4 is 29.0 Å². The Kier molecular flexibility index (Phi) is 6.92. The maximum Gasteiger partial charge on any atom is 0.252 e. The molecule has 0 saturated heterocycles. The smallest absolute Gasteiger partial charge is 0.252 e. The third kappa shape index (κ3) is 4.58. The van der Waals surface area contributed by atoms with Crippen LogP contribution in [0.15, 0.2) is 46.0 Å². The van der Waals surface area contributed by atoms with Crippen molar-refractivity contribution < 1.29 is 14.6 Å². The molecular formula is C16H19NO3S2. The predicted molar refractivity (Wildman–Crippen MR) is 90.7 cm³/mol. The Bertz CT molecular complexity index is 587. The first-order valence-electron chi connectivity index (χ1n) is 6.92. The summed E-state index contributed by atoms with van der Waals surface area (Å²) < 4.78 is 5.62. The van der Waals surface area contributed by atoms with E-state index in [2.05, 4.69) is 5.32 Å². The van der Waals surface area contributed by atoms with Crippen LogP contribution in [-0.4, -0.2) is 37.0 Å². The lowest BCUT2D eigenvalue weighted by atomic mass is 10.1. The number of carbonyl (C=O) groups excluding carboxylic acids is 1. The maximum atomic E-state index is 12.3. The molecule has 0 aliphatic carbocycles. The Hall–Kier alpha value is -1.34. The van der Waals surface area contributed by atoms with Gasteiger partial charge in [0.2, 0.25) is 0 Å². The van der Waals surface area contributed by atoms with Crippen LogP contribution in [0.1, 0.15) is 22.0 Å². The summed E-state index contributed by atoms with van der Waals surface area (Å²) in [6.45, 7) is 0.583. The Balaban J connectivity index is 2.01. The number of ether oxygens (including phenoxy) is 1. The van der Waals surface area contributed by atoms with Crippen molar-refractivity contribution in [3.63, 3.8) is 0 Å². The topological polar surface area (TPSA) is 58.6 Å². The molecule has 1 aromatic heterocycles. The largest absolute Gasteiger partial charge is 0.394 e. The van der Waals surface area contributed by atoms with Crippen LogP contribution in [0.2, 0.25) is 0 Å². The van der Waals surface area contributed by atoms with Crippen LogP contribution >= 0.6 is 23.1 Å². The molecule has 0 aliphatic heterocycles. The van der Waals surface area contributed by atoms with Crippen molar-refractivity contribution in [2.24, 2.45) is 0 Å². The van der Waals surface area contributed by atoms with Crippen molar-refractivity contribution in [3.8, 4) is 0 Å². The van der Waals surface area contributed by atoms with Crippen molar-refractivity contribution in [1.29, 1.82) is 0 Å². The van der Waals surface area contributed by atoms with Crippen LogP contribution in [-0.2, 0) is 4.74 Å². The summed E-state index contributed by atoms with van der Waals surface area (Å²) in [5.41, 5.74) is 1.68. The quantitative estimate of drug-likeness (QED) is 0.727. The summed E-state index contributed by atoms with van der Waals surface area (Å²) in [6.07, 6.45) is 1.70. The molecule has 0 saturated carbocycles. The summed E-state index contributed by atoms with van der Waals surface area (Å²) in [5.74, 6) is -0.113. The molecule has 0 bridgehead atoms. The lowest BCUT2D eigenvalue weighted by molar-refractivity contribution is 0.0279. The molecule has 0 unspecified atom stereocenters. The van der Waals surface area contributed by atoms with E-state index in [0.29, 0.717) is 12.1 Å². The number of carbonyl (C=O) groups is 1. The number of thioether (sulfide) groups is 1. The van der Waals surface area contributed by atoms with Crippen molar-refractivity contribution in [3.05, 3.63) is 52.2 Å². The van der Waals surface area contributed by atoms with Crippen LogP contribution in [0.3, 0.4) is 0 Å². The average molecular weight is 337 g/mol. The molecule has 2 N–H and O–H groups in total. The number of rotatable bonds is 8. The van der Waals surface area contributed by atoms with Crippen LogP contribution in [0.4, 0.5) is 0 Å². The summed E-state index contributed by atoms with van der Waals surface area (Å²) in [5, 5.41) is 15.8. The van der Waals surface area contributed by atoms with E-state index in [1.807, 2.05) is 47.3 Å². The second kappa shape index (κ2) is 8.95. The molecule has 1 heterocycles. The minimum Gasteiger partial charge on any atom is -0.394 e. The fourth-order valence-corrected chi connectivity index (χ4v) is 3.34. The molecular weight excluding hydrogens is 318 g/mol. The van der Waals surface area contributed by atoms with Crippen LogP contribution in [0.5, 0.6) is 0 Å². The highest BCUT2D eigenvalue weighted by molar-refractivity contribution is 7.98. The van der Waals surface area contributed by atoms with Gasteiger partial charge in [-0.2, -0.15) is 11.3 Å². The number of thiophene rings is 1. The van der Waals surface area contributed by atoms with Gasteiger partial charge in [0.15, 0.2) is 0 Å². The van der Waals surface area contributed by atoms with E-state index in [1.54, 1.807) is 23.1 Å². The molecule has 0 aliphatic rings. The van der Waals surface area contributed by atoms with Gasteiger partial charge in [-0.25, -0.2) is 0 Å². The van der Waals surface area contributed by atoms with Crippen molar-refractivity contribution in [2.45, 2.75) is 11.0 Å². The third-order valence-electron chi connectivity index (χ3n) is 3.12. The number of hydrogen-bond donors (Lipinski definition) is 2. The molecule has 2 rings (SSSR count). The zero-order valence-corrected chi connectivity index (χ0v) is 14.0. The average Bonchev–Trinajstić information content (AvgIpc) is 3.09. The molecule has 2 aromatic rings. The molecule has 1 aromatic carbocycles. The first kappa shape index (κ1) is 17.0. The zero-order valence-electron chi connectivity index (χ0n) is 12.3. The van der Waals surface area contributed by atoms with Gasteiger partial charge in [0.05, 0.1) is 18.8 Å². The molecule has 4 nitrogen and oxygen atoms in total. The van der Waals surface area contributed by atoms with Gasteiger partial charge in [0.25, 0.3) is 5.91 Å². The lowest BCUT2D eigenvalue weighted by Gasteiger charge is -2.17. The normalized spacial score (nSPS) is 12.1. The number of amides is 1. The van der Waals surface area contributed by atoms with Crippen LogP contribution in [0.25, 0.3) is 0 Å². The third-order valence-corrected chi connectivity index (χ3v) is 4.62. The first-order valence-corrected chi connectivity index (χ1v) is 9.08. The second-order valence-corrected chi connectivity index (χ2v) is 6.18. The molecule has 22 heavy (non-hydrogen) atoms. The molecule has 1 amide bonds. The summed E-state index contributed by atoms with van der Waals surface area (Å²) in [6, 6.07) is 9.48. The van der Waals surface area contributed by atoms with E-state index in [1.165, 1.54) is 0 Å². The van der Waals surface area contributed by atoms with Crippen molar-refractivity contribution in [1.82, 2.24) is 5.32 Å². The summed E-state index contributed by atoms with van der Waals surface area (Å²) in [4.78, 5) is 13.3. The Morgan fingerprint density at radius 1 is 1.41 bits per heavy atom. The van der Waals surface area contributed by atoms with E-state index in [4.69, 9.17) is 9.84 Å². The molecule has 0 radical (unpaired) electrons. The second-order valence-electron chi connectivity index (χ2n) is 4.55. The number of aliphatic hydroxyl groups is 1. The van der Waals surface area contributed by atoms with E-state index in [9.17, 15) is 4.79 Å². The van der Waals surface area contributed by atoms with Crippen LogP contribution < -0.4 is 5.32 Å². The molecule has 0 fully saturated rings. The number of nitrogens with one attached hydrogen (secondary N) is 1. The molecule has 6 heteroatoms. The van der Waals surface area contributed by atoms with Crippen molar-refractivity contribution in [2.75, 3.05) is 26.0 Å². The lowest BCUT2D eigenvalue weighted by Crippen LogP contribution is -2.30. The Labute approximate surface area is 138 Å². The van der Waals surface area contributed by atoms with E-state index >= 15 is 0 Å². The van der Waals surface area contributed by atoms with Gasteiger partial charge >= 0.3 is 0 Å². The highest BCUT2D eigenvalue weighted by Crippen LogP contribution is 2.21. The maximum absolute atomic E-state index is 12.3. The highest BCUT2D eigenvalue weighted by Gasteiger charge is 2.16. The van der Waals surface area contributed by atoms with Gasteiger partial charge in [-0.3, -0.25) is 4.79 Å².